The lowest BCUT2D eigenvalue weighted by Gasteiger charge is -2.14. The van der Waals surface area contributed by atoms with Crippen LogP contribution in [0, 0.1) is 0 Å². The van der Waals surface area contributed by atoms with Crippen LogP contribution in [0.2, 0.25) is 0 Å². The summed E-state index contributed by atoms with van der Waals surface area (Å²) >= 11 is 0. The van der Waals surface area contributed by atoms with Crippen molar-refractivity contribution in [2.45, 2.75) is 32.6 Å². The largest absolute Gasteiger partial charge is 0.366 e. The van der Waals surface area contributed by atoms with Crippen molar-refractivity contribution in [2.24, 2.45) is 5.73 Å². The molecule has 1 amide bonds. The first-order valence-corrected chi connectivity index (χ1v) is 4.15. The molecule has 0 saturated heterocycles. The van der Waals surface area contributed by atoms with Crippen LogP contribution in [0.15, 0.2) is 11.1 Å². The van der Waals surface area contributed by atoms with Crippen LogP contribution in [0.5, 0.6) is 0 Å². The minimum atomic E-state index is -0.472. The highest BCUT2D eigenvalue weighted by atomic mass is 16.1. The molecule has 0 heterocycles. The number of carbonyl (C=O) groups excluding carboxylic acids is 2. The molecule has 0 aromatic heterocycles. The lowest BCUT2D eigenvalue weighted by molar-refractivity contribution is -0.118. The zero-order valence-corrected chi connectivity index (χ0v) is 7.22. The van der Waals surface area contributed by atoms with Gasteiger partial charge < -0.3 is 5.73 Å². The van der Waals surface area contributed by atoms with Crippen LogP contribution >= 0.6 is 0 Å². The first kappa shape index (κ1) is 8.97. The Hall–Kier alpha value is -1.12. The van der Waals surface area contributed by atoms with Gasteiger partial charge in [-0.05, 0) is 26.2 Å². The monoisotopic (exact) mass is 167 g/mol. The minimum Gasteiger partial charge on any atom is -0.366 e. The van der Waals surface area contributed by atoms with Gasteiger partial charge in [0.15, 0.2) is 5.78 Å². The van der Waals surface area contributed by atoms with Gasteiger partial charge in [0.1, 0.15) is 0 Å². The van der Waals surface area contributed by atoms with Crippen molar-refractivity contribution in [1.82, 2.24) is 0 Å². The van der Waals surface area contributed by atoms with Crippen molar-refractivity contribution in [3.63, 3.8) is 0 Å². The molecule has 66 valence electrons. The number of amides is 1. The number of carbonyl (C=O) groups is 2. The first-order chi connectivity index (χ1) is 5.63. The molecular weight excluding hydrogens is 154 g/mol. The lowest BCUT2D eigenvalue weighted by atomic mass is 9.90. The van der Waals surface area contributed by atoms with Crippen molar-refractivity contribution < 1.29 is 9.59 Å². The van der Waals surface area contributed by atoms with Crippen LogP contribution in [0.1, 0.15) is 32.6 Å². The summed E-state index contributed by atoms with van der Waals surface area (Å²) < 4.78 is 0. The zero-order valence-electron chi connectivity index (χ0n) is 7.22. The van der Waals surface area contributed by atoms with Gasteiger partial charge in [0, 0.05) is 17.6 Å². The van der Waals surface area contributed by atoms with E-state index in [0.717, 1.165) is 12.8 Å². The number of ketones is 1. The summed E-state index contributed by atoms with van der Waals surface area (Å²) in [6.07, 6.45) is 3.22. The standard InChI is InChI=1S/C9H13NO2/c1-6(9(10)12)7-4-2-3-5-8(7)11/h2-5H2,1H3,(H2,10,12)/b7-6-. The molecule has 0 bridgehead atoms. The average molecular weight is 167 g/mol. The average Bonchev–Trinajstić information content (AvgIpc) is 2.04. The van der Waals surface area contributed by atoms with Gasteiger partial charge in [-0.15, -0.1) is 0 Å². The number of rotatable bonds is 1. The normalized spacial score (nSPS) is 22.2. The highest BCUT2D eigenvalue weighted by Crippen LogP contribution is 2.22. The number of allylic oxidation sites excluding steroid dienone is 1. The number of Topliss-reactive ketones (excluding diaryl/α,β-unsaturated/α-hetero) is 1. The van der Waals surface area contributed by atoms with E-state index in [4.69, 9.17) is 5.73 Å². The van der Waals surface area contributed by atoms with Crippen molar-refractivity contribution >= 4 is 11.7 Å². The summed E-state index contributed by atoms with van der Waals surface area (Å²) in [4.78, 5) is 22.0. The fourth-order valence-electron chi connectivity index (χ4n) is 1.42. The van der Waals surface area contributed by atoms with E-state index < -0.39 is 5.91 Å². The molecule has 0 radical (unpaired) electrons. The lowest BCUT2D eigenvalue weighted by Crippen LogP contribution is -2.19. The molecule has 1 fully saturated rings. The van der Waals surface area contributed by atoms with Gasteiger partial charge in [-0.3, -0.25) is 9.59 Å². The fourth-order valence-corrected chi connectivity index (χ4v) is 1.42. The van der Waals surface area contributed by atoms with Gasteiger partial charge in [0.2, 0.25) is 5.91 Å². The van der Waals surface area contributed by atoms with Crippen LogP contribution in [-0.2, 0) is 9.59 Å². The van der Waals surface area contributed by atoms with Crippen LogP contribution in [0.4, 0.5) is 0 Å². The molecule has 1 saturated carbocycles. The van der Waals surface area contributed by atoms with E-state index in [1.54, 1.807) is 6.92 Å². The number of primary amides is 1. The molecule has 0 atom stereocenters. The summed E-state index contributed by atoms with van der Waals surface area (Å²) in [6, 6.07) is 0. The molecule has 3 heteroatoms. The van der Waals surface area contributed by atoms with E-state index in [0.29, 0.717) is 24.0 Å². The molecule has 3 nitrogen and oxygen atoms in total. The molecule has 0 spiro atoms. The van der Waals surface area contributed by atoms with E-state index in [1.807, 2.05) is 0 Å². The number of hydrogen-bond acceptors (Lipinski definition) is 2. The Labute approximate surface area is 71.6 Å². The van der Waals surface area contributed by atoms with Gasteiger partial charge >= 0.3 is 0 Å². The van der Waals surface area contributed by atoms with Crippen LogP contribution in [-0.4, -0.2) is 11.7 Å². The minimum absolute atomic E-state index is 0.0950. The highest BCUT2D eigenvalue weighted by Gasteiger charge is 2.18. The van der Waals surface area contributed by atoms with Gasteiger partial charge in [0.25, 0.3) is 0 Å². The Morgan fingerprint density at radius 1 is 1.33 bits per heavy atom. The van der Waals surface area contributed by atoms with Crippen molar-refractivity contribution in [3.8, 4) is 0 Å². The molecule has 12 heavy (non-hydrogen) atoms. The fraction of sp³-hybridized carbons (Fsp3) is 0.556. The summed E-state index contributed by atoms with van der Waals surface area (Å²) in [5.41, 5.74) is 6.17. The maximum atomic E-state index is 11.3. The summed E-state index contributed by atoms with van der Waals surface area (Å²) in [6.45, 7) is 1.63. The van der Waals surface area contributed by atoms with E-state index in [9.17, 15) is 9.59 Å². The van der Waals surface area contributed by atoms with Crippen molar-refractivity contribution in [2.75, 3.05) is 0 Å². The van der Waals surface area contributed by atoms with Gasteiger partial charge in [-0.2, -0.15) is 0 Å². The Morgan fingerprint density at radius 3 is 2.42 bits per heavy atom. The van der Waals surface area contributed by atoms with E-state index in [2.05, 4.69) is 0 Å². The summed E-state index contributed by atoms with van der Waals surface area (Å²) in [5, 5.41) is 0. The van der Waals surface area contributed by atoms with E-state index in [1.165, 1.54) is 0 Å². The molecular formula is C9H13NO2. The first-order valence-electron chi connectivity index (χ1n) is 4.15. The summed E-state index contributed by atoms with van der Waals surface area (Å²) in [7, 11) is 0. The highest BCUT2D eigenvalue weighted by molar-refractivity contribution is 6.05. The van der Waals surface area contributed by atoms with Gasteiger partial charge in [-0.1, -0.05) is 0 Å². The maximum absolute atomic E-state index is 11.3. The zero-order chi connectivity index (χ0) is 9.14. The smallest absolute Gasteiger partial charge is 0.244 e. The number of nitrogens with two attached hydrogens (primary N) is 1. The predicted molar refractivity (Wildman–Crippen MR) is 45.4 cm³/mol. The maximum Gasteiger partial charge on any atom is 0.244 e. The molecule has 2 N–H and O–H groups in total. The molecule has 1 aliphatic rings. The van der Waals surface area contributed by atoms with Crippen molar-refractivity contribution in [3.05, 3.63) is 11.1 Å². The van der Waals surface area contributed by atoms with Crippen LogP contribution in [0.25, 0.3) is 0 Å². The Balaban J connectivity index is 2.90. The molecule has 0 aromatic carbocycles. The Kier molecular flexibility index (Phi) is 2.63. The quantitative estimate of drug-likeness (QED) is 0.590. The topological polar surface area (TPSA) is 60.2 Å². The van der Waals surface area contributed by atoms with Crippen LogP contribution < -0.4 is 5.73 Å². The number of hydrogen-bond donors (Lipinski definition) is 1. The van der Waals surface area contributed by atoms with Crippen LogP contribution in [0.3, 0.4) is 0 Å². The third-order valence-electron chi connectivity index (χ3n) is 2.24. The molecule has 0 aromatic rings. The van der Waals surface area contributed by atoms with Gasteiger partial charge in [-0.25, -0.2) is 0 Å². The third-order valence-corrected chi connectivity index (χ3v) is 2.24. The molecule has 1 rings (SSSR count). The second kappa shape index (κ2) is 3.52. The second-order valence-electron chi connectivity index (χ2n) is 3.10. The van der Waals surface area contributed by atoms with E-state index >= 15 is 0 Å². The molecule has 1 aliphatic carbocycles. The molecule has 0 unspecified atom stereocenters. The predicted octanol–water partition coefficient (Wildman–Crippen LogP) is 0.931. The Bertz CT molecular complexity index is 253. The van der Waals surface area contributed by atoms with Crippen molar-refractivity contribution in [1.29, 1.82) is 0 Å². The SMILES string of the molecule is C/C(C(N)=O)=C1\CCCCC1=O. The third kappa shape index (κ3) is 1.72. The van der Waals surface area contributed by atoms with E-state index in [-0.39, 0.29) is 5.78 Å². The Morgan fingerprint density at radius 2 is 1.92 bits per heavy atom. The van der Waals surface area contributed by atoms with Gasteiger partial charge in [0.05, 0.1) is 0 Å². The molecule has 0 aliphatic heterocycles. The second-order valence-corrected chi connectivity index (χ2v) is 3.10. The summed E-state index contributed by atoms with van der Waals surface area (Å²) in [5.74, 6) is -0.377.